The lowest BCUT2D eigenvalue weighted by molar-refractivity contribution is 0.506. The van der Waals surface area contributed by atoms with Crippen molar-refractivity contribution >= 4 is 0 Å². The molecule has 0 amide bonds. The van der Waals surface area contributed by atoms with Gasteiger partial charge in [-0.1, -0.05) is 18.2 Å². The molecule has 0 saturated carbocycles. The highest BCUT2D eigenvalue weighted by Gasteiger charge is 2.12. The average Bonchev–Trinajstić information content (AvgIpc) is 3.04. The standard InChI is InChI=1S/C18H25N3/c1-15(19-10-4-12-21-13-5-11-20-21)17-9-8-16-6-2-3-7-18(16)14-17/h5,8-9,11,13-15,19H,2-4,6-7,10,12H2,1H3. The zero-order valence-corrected chi connectivity index (χ0v) is 12.9. The Morgan fingerprint density at radius 3 is 2.90 bits per heavy atom. The minimum absolute atomic E-state index is 0.426. The quantitative estimate of drug-likeness (QED) is 0.822. The van der Waals surface area contributed by atoms with E-state index in [4.69, 9.17) is 0 Å². The van der Waals surface area contributed by atoms with E-state index in [-0.39, 0.29) is 0 Å². The molecule has 0 fully saturated rings. The third-order valence-corrected chi connectivity index (χ3v) is 4.45. The van der Waals surface area contributed by atoms with Crippen molar-refractivity contribution in [3.63, 3.8) is 0 Å². The summed E-state index contributed by atoms with van der Waals surface area (Å²) in [6.07, 6.45) is 10.2. The van der Waals surface area contributed by atoms with Crippen LogP contribution >= 0.6 is 0 Å². The minimum Gasteiger partial charge on any atom is -0.310 e. The topological polar surface area (TPSA) is 29.9 Å². The van der Waals surface area contributed by atoms with Gasteiger partial charge in [0.05, 0.1) is 0 Å². The number of fused-ring (bicyclic) bond motifs is 1. The average molecular weight is 283 g/mol. The number of aryl methyl sites for hydroxylation is 3. The Kier molecular flexibility index (Phi) is 4.71. The lowest BCUT2D eigenvalue weighted by Gasteiger charge is -2.20. The summed E-state index contributed by atoms with van der Waals surface area (Å²) in [5.74, 6) is 0. The largest absolute Gasteiger partial charge is 0.310 e. The Balaban J connectivity index is 1.49. The molecular weight excluding hydrogens is 258 g/mol. The monoisotopic (exact) mass is 283 g/mol. The summed E-state index contributed by atoms with van der Waals surface area (Å²) >= 11 is 0. The van der Waals surface area contributed by atoms with Gasteiger partial charge in [-0.3, -0.25) is 4.68 Å². The van der Waals surface area contributed by atoms with Crippen LogP contribution in [0.15, 0.2) is 36.7 Å². The minimum atomic E-state index is 0.426. The zero-order valence-electron chi connectivity index (χ0n) is 12.9. The molecule has 3 heteroatoms. The summed E-state index contributed by atoms with van der Waals surface area (Å²) in [6.45, 7) is 4.27. The molecule has 1 unspecified atom stereocenters. The summed E-state index contributed by atoms with van der Waals surface area (Å²) in [5, 5.41) is 7.86. The van der Waals surface area contributed by atoms with Crippen LogP contribution in [0.1, 0.15) is 48.9 Å². The summed E-state index contributed by atoms with van der Waals surface area (Å²) in [6, 6.07) is 9.46. The third kappa shape index (κ3) is 3.73. The van der Waals surface area contributed by atoms with E-state index in [0.717, 1.165) is 19.5 Å². The van der Waals surface area contributed by atoms with Gasteiger partial charge in [0.25, 0.3) is 0 Å². The first-order valence-electron chi connectivity index (χ1n) is 8.15. The number of nitrogens with zero attached hydrogens (tertiary/aromatic N) is 2. The van der Waals surface area contributed by atoms with Gasteiger partial charge in [-0.25, -0.2) is 0 Å². The van der Waals surface area contributed by atoms with Crippen LogP contribution in [-0.4, -0.2) is 16.3 Å². The molecule has 0 bridgehead atoms. The normalized spacial score (nSPS) is 15.7. The molecule has 0 saturated heterocycles. The number of hydrogen-bond acceptors (Lipinski definition) is 2. The van der Waals surface area contributed by atoms with Gasteiger partial charge >= 0.3 is 0 Å². The molecule has 3 rings (SSSR count). The molecule has 21 heavy (non-hydrogen) atoms. The maximum Gasteiger partial charge on any atom is 0.0489 e. The van der Waals surface area contributed by atoms with Crippen LogP contribution in [0.3, 0.4) is 0 Å². The first-order valence-corrected chi connectivity index (χ1v) is 8.15. The summed E-state index contributed by atoms with van der Waals surface area (Å²) in [7, 11) is 0. The van der Waals surface area contributed by atoms with Crippen LogP contribution in [-0.2, 0) is 19.4 Å². The highest BCUT2D eigenvalue weighted by atomic mass is 15.3. The Bertz CT molecular complexity index is 560. The second-order valence-corrected chi connectivity index (χ2v) is 6.03. The maximum atomic E-state index is 4.23. The molecule has 1 heterocycles. The van der Waals surface area contributed by atoms with E-state index in [0.29, 0.717) is 6.04 Å². The second-order valence-electron chi connectivity index (χ2n) is 6.03. The molecule has 1 atom stereocenters. The van der Waals surface area contributed by atoms with E-state index in [1.54, 1.807) is 11.1 Å². The molecule has 1 N–H and O–H groups in total. The van der Waals surface area contributed by atoms with Crippen LogP contribution in [0.25, 0.3) is 0 Å². The molecule has 3 nitrogen and oxygen atoms in total. The summed E-state index contributed by atoms with van der Waals surface area (Å²) in [5.41, 5.74) is 4.56. The van der Waals surface area contributed by atoms with E-state index >= 15 is 0 Å². The fraction of sp³-hybridized carbons (Fsp3) is 0.500. The molecule has 2 aromatic rings. The van der Waals surface area contributed by atoms with Gasteiger partial charge in [0.1, 0.15) is 0 Å². The fourth-order valence-corrected chi connectivity index (χ4v) is 3.13. The smallest absolute Gasteiger partial charge is 0.0489 e. The zero-order chi connectivity index (χ0) is 14.5. The van der Waals surface area contributed by atoms with Crippen molar-refractivity contribution in [2.75, 3.05) is 6.54 Å². The van der Waals surface area contributed by atoms with Gasteiger partial charge in [0, 0.05) is 25.0 Å². The van der Waals surface area contributed by atoms with E-state index in [9.17, 15) is 0 Å². The van der Waals surface area contributed by atoms with Crippen molar-refractivity contribution < 1.29 is 0 Å². The number of hydrogen-bond donors (Lipinski definition) is 1. The lowest BCUT2D eigenvalue weighted by atomic mass is 9.89. The highest BCUT2D eigenvalue weighted by molar-refractivity contribution is 5.35. The molecule has 112 valence electrons. The molecule has 1 aliphatic rings. The predicted molar refractivity (Wildman–Crippen MR) is 86.3 cm³/mol. The summed E-state index contributed by atoms with van der Waals surface area (Å²) in [4.78, 5) is 0. The van der Waals surface area contributed by atoms with Crippen molar-refractivity contribution in [3.8, 4) is 0 Å². The van der Waals surface area contributed by atoms with Crippen molar-refractivity contribution in [1.29, 1.82) is 0 Å². The van der Waals surface area contributed by atoms with E-state index in [1.807, 2.05) is 23.1 Å². The van der Waals surface area contributed by atoms with Crippen LogP contribution in [0.2, 0.25) is 0 Å². The van der Waals surface area contributed by atoms with Gasteiger partial charge in [0.15, 0.2) is 0 Å². The molecule has 0 radical (unpaired) electrons. The van der Waals surface area contributed by atoms with Crippen molar-refractivity contribution in [1.82, 2.24) is 15.1 Å². The first kappa shape index (κ1) is 14.3. The lowest BCUT2D eigenvalue weighted by Crippen LogP contribution is -2.21. The first-order chi connectivity index (χ1) is 10.3. The molecule has 1 aromatic heterocycles. The molecule has 0 aliphatic heterocycles. The number of rotatable bonds is 6. The molecule has 1 aromatic carbocycles. The fourth-order valence-electron chi connectivity index (χ4n) is 3.13. The van der Waals surface area contributed by atoms with Gasteiger partial charge in [-0.2, -0.15) is 5.10 Å². The highest BCUT2D eigenvalue weighted by Crippen LogP contribution is 2.24. The van der Waals surface area contributed by atoms with E-state index in [1.165, 1.54) is 31.2 Å². The molecule has 0 spiro atoms. The number of benzene rings is 1. The molecular formula is C18H25N3. The SMILES string of the molecule is CC(NCCCn1cccn1)c1ccc2c(c1)CCCC2. The van der Waals surface area contributed by atoms with Crippen LogP contribution < -0.4 is 5.32 Å². The van der Waals surface area contributed by atoms with Gasteiger partial charge in [0.2, 0.25) is 0 Å². The van der Waals surface area contributed by atoms with Crippen molar-refractivity contribution in [2.24, 2.45) is 0 Å². The van der Waals surface area contributed by atoms with E-state index < -0.39 is 0 Å². The number of aromatic nitrogens is 2. The van der Waals surface area contributed by atoms with Crippen LogP contribution in [0.4, 0.5) is 0 Å². The van der Waals surface area contributed by atoms with Gasteiger partial charge in [-0.15, -0.1) is 0 Å². The Hall–Kier alpha value is -1.61. The van der Waals surface area contributed by atoms with Crippen LogP contribution in [0.5, 0.6) is 0 Å². The van der Waals surface area contributed by atoms with Gasteiger partial charge < -0.3 is 5.32 Å². The Morgan fingerprint density at radius 1 is 1.24 bits per heavy atom. The van der Waals surface area contributed by atoms with Crippen LogP contribution in [0, 0.1) is 0 Å². The Morgan fingerprint density at radius 2 is 2.10 bits per heavy atom. The van der Waals surface area contributed by atoms with E-state index in [2.05, 4.69) is 35.5 Å². The number of nitrogens with one attached hydrogen (secondary N) is 1. The molecule has 1 aliphatic carbocycles. The maximum absolute atomic E-state index is 4.23. The predicted octanol–water partition coefficient (Wildman–Crippen LogP) is 3.50. The third-order valence-electron chi connectivity index (χ3n) is 4.45. The van der Waals surface area contributed by atoms with Crippen molar-refractivity contribution in [3.05, 3.63) is 53.3 Å². The summed E-state index contributed by atoms with van der Waals surface area (Å²) < 4.78 is 1.99. The Labute approximate surface area is 127 Å². The second kappa shape index (κ2) is 6.90. The van der Waals surface area contributed by atoms with Gasteiger partial charge in [-0.05, 0) is 68.3 Å². The van der Waals surface area contributed by atoms with Crippen molar-refractivity contribution in [2.45, 2.75) is 51.6 Å².